The third-order valence-electron chi connectivity index (χ3n) is 2.67. The summed E-state index contributed by atoms with van der Waals surface area (Å²) in [4.78, 5) is 0. The lowest BCUT2D eigenvalue weighted by atomic mass is 10.2. The predicted octanol–water partition coefficient (Wildman–Crippen LogP) is 4.16. The summed E-state index contributed by atoms with van der Waals surface area (Å²) in [5.74, 6) is 1.67. The second kappa shape index (κ2) is 5.89. The molecule has 18 heavy (non-hydrogen) atoms. The third kappa shape index (κ3) is 3.25. The summed E-state index contributed by atoms with van der Waals surface area (Å²) >= 11 is 5.91. The lowest BCUT2D eigenvalue weighted by Gasteiger charge is -2.09. The minimum atomic E-state index is 0.726. The van der Waals surface area contributed by atoms with E-state index in [-0.39, 0.29) is 0 Å². The lowest BCUT2D eigenvalue weighted by molar-refractivity contribution is 0.478. The number of nitrogens with one attached hydrogen (secondary N) is 1. The molecule has 2 aromatic carbocycles. The summed E-state index contributed by atoms with van der Waals surface area (Å²) in [5.41, 5.74) is 2.26. The molecule has 2 rings (SSSR count). The highest BCUT2D eigenvalue weighted by molar-refractivity contribution is 6.30. The largest absolute Gasteiger partial charge is 0.457 e. The molecule has 0 fully saturated rings. The molecule has 0 unspecified atom stereocenters. The Kier molecular flexibility index (Phi) is 4.24. The second-order valence-corrected chi connectivity index (χ2v) is 4.62. The van der Waals surface area contributed by atoms with Crippen LogP contribution in [0, 0.1) is 6.92 Å². The molecular weight excluding hydrogens is 246 g/mol. The van der Waals surface area contributed by atoms with Crippen LogP contribution in [0.1, 0.15) is 11.1 Å². The molecule has 1 N–H and O–H groups in total. The zero-order valence-electron chi connectivity index (χ0n) is 10.5. The van der Waals surface area contributed by atoms with Crippen molar-refractivity contribution in [1.82, 2.24) is 5.32 Å². The third-order valence-corrected chi connectivity index (χ3v) is 2.90. The minimum Gasteiger partial charge on any atom is -0.457 e. The van der Waals surface area contributed by atoms with Gasteiger partial charge in [0.05, 0.1) is 0 Å². The Labute approximate surface area is 113 Å². The summed E-state index contributed by atoms with van der Waals surface area (Å²) in [6.07, 6.45) is 0. The molecule has 0 aliphatic rings. The van der Waals surface area contributed by atoms with Crippen LogP contribution in [-0.2, 0) is 6.54 Å². The van der Waals surface area contributed by atoms with Gasteiger partial charge < -0.3 is 10.1 Å². The van der Waals surface area contributed by atoms with E-state index < -0.39 is 0 Å². The lowest BCUT2D eigenvalue weighted by Crippen LogP contribution is -2.04. The Morgan fingerprint density at radius 2 is 1.83 bits per heavy atom. The van der Waals surface area contributed by atoms with E-state index in [0.29, 0.717) is 0 Å². The number of ether oxygens (including phenoxy) is 1. The summed E-state index contributed by atoms with van der Waals surface area (Å²) in [7, 11) is 1.93. The van der Waals surface area contributed by atoms with E-state index in [2.05, 4.69) is 17.4 Å². The standard InChI is InChI=1S/C15H16ClNO/c1-11-9-13(16)5-8-15(11)18-14-6-3-12(4-7-14)10-17-2/h3-9,17H,10H2,1-2H3. The van der Waals surface area contributed by atoms with Gasteiger partial charge in [0, 0.05) is 11.6 Å². The topological polar surface area (TPSA) is 21.3 Å². The predicted molar refractivity (Wildman–Crippen MR) is 75.5 cm³/mol. The molecule has 0 aliphatic heterocycles. The molecule has 0 aliphatic carbocycles. The average Bonchev–Trinajstić information content (AvgIpc) is 2.35. The number of benzene rings is 2. The molecular formula is C15H16ClNO. The maximum absolute atomic E-state index is 5.91. The number of hydrogen-bond donors (Lipinski definition) is 1. The summed E-state index contributed by atoms with van der Waals surface area (Å²) in [6, 6.07) is 13.7. The van der Waals surface area contributed by atoms with Gasteiger partial charge in [-0.15, -0.1) is 0 Å². The van der Waals surface area contributed by atoms with Crippen LogP contribution in [0.15, 0.2) is 42.5 Å². The molecule has 2 nitrogen and oxygen atoms in total. The monoisotopic (exact) mass is 261 g/mol. The van der Waals surface area contributed by atoms with E-state index in [9.17, 15) is 0 Å². The van der Waals surface area contributed by atoms with Gasteiger partial charge in [-0.2, -0.15) is 0 Å². The van der Waals surface area contributed by atoms with Gasteiger partial charge in [0.15, 0.2) is 0 Å². The maximum Gasteiger partial charge on any atom is 0.130 e. The molecule has 0 saturated heterocycles. The molecule has 0 bridgehead atoms. The van der Waals surface area contributed by atoms with Crippen molar-refractivity contribution >= 4 is 11.6 Å². The van der Waals surface area contributed by atoms with Gasteiger partial charge in [0.1, 0.15) is 11.5 Å². The van der Waals surface area contributed by atoms with Crippen molar-refractivity contribution < 1.29 is 4.74 Å². The second-order valence-electron chi connectivity index (χ2n) is 4.19. The minimum absolute atomic E-state index is 0.726. The first-order chi connectivity index (χ1) is 8.69. The van der Waals surface area contributed by atoms with Gasteiger partial charge in [-0.05, 0) is 55.4 Å². The van der Waals surface area contributed by atoms with Crippen LogP contribution in [0.25, 0.3) is 0 Å². The Morgan fingerprint density at radius 1 is 1.11 bits per heavy atom. The molecule has 3 heteroatoms. The van der Waals surface area contributed by atoms with Crippen LogP contribution in [0.2, 0.25) is 5.02 Å². The first-order valence-corrected chi connectivity index (χ1v) is 6.24. The van der Waals surface area contributed by atoms with Crippen LogP contribution in [0.5, 0.6) is 11.5 Å². The highest BCUT2D eigenvalue weighted by Gasteiger charge is 2.02. The fraction of sp³-hybridized carbons (Fsp3) is 0.200. The quantitative estimate of drug-likeness (QED) is 0.892. The normalized spacial score (nSPS) is 10.4. The van der Waals surface area contributed by atoms with Crippen LogP contribution in [-0.4, -0.2) is 7.05 Å². The van der Waals surface area contributed by atoms with Gasteiger partial charge in [-0.3, -0.25) is 0 Å². The highest BCUT2D eigenvalue weighted by atomic mass is 35.5. The smallest absolute Gasteiger partial charge is 0.130 e. The zero-order valence-corrected chi connectivity index (χ0v) is 11.3. The molecule has 0 saturated carbocycles. The van der Waals surface area contributed by atoms with Crippen molar-refractivity contribution in [2.75, 3.05) is 7.05 Å². The molecule has 0 radical (unpaired) electrons. The first-order valence-electron chi connectivity index (χ1n) is 5.86. The maximum atomic E-state index is 5.91. The van der Waals surface area contributed by atoms with Crippen LogP contribution in [0.3, 0.4) is 0 Å². The van der Waals surface area contributed by atoms with E-state index in [1.807, 2.05) is 44.3 Å². The van der Waals surface area contributed by atoms with E-state index in [4.69, 9.17) is 16.3 Å². The molecule has 94 valence electrons. The molecule has 2 aromatic rings. The summed E-state index contributed by atoms with van der Waals surface area (Å²) < 4.78 is 5.82. The Morgan fingerprint density at radius 3 is 2.44 bits per heavy atom. The average molecular weight is 262 g/mol. The Balaban J connectivity index is 2.13. The van der Waals surface area contributed by atoms with Crippen molar-refractivity contribution in [2.24, 2.45) is 0 Å². The molecule has 0 spiro atoms. The number of rotatable bonds is 4. The molecule has 0 atom stereocenters. The van der Waals surface area contributed by atoms with Gasteiger partial charge in [-0.1, -0.05) is 23.7 Å². The van der Waals surface area contributed by atoms with Gasteiger partial charge >= 0.3 is 0 Å². The SMILES string of the molecule is CNCc1ccc(Oc2ccc(Cl)cc2C)cc1. The van der Waals surface area contributed by atoms with Gasteiger partial charge in [0.2, 0.25) is 0 Å². The number of halogens is 1. The highest BCUT2D eigenvalue weighted by Crippen LogP contribution is 2.27. The molecule has 0 aromatic heterocycles. The van der Waals surface area contributed by atoms with Crippen molar-refractivity contribution in [1.29, 1.82) is 0 Å². The fourth-order valence-electron chi connectivity index (χ4n) is 1.73. The van der Waals surface area contributed by atoms with Crippen molar-refractivity contribution in [3.63, 3.8) is 0 Å². The van der Waals surface area contributed by atoms with Gasteiger partial charge in [-0.25, -0.2) is 0 Å². The van der Waals surface area contributed by atoms with E-state index in [1.54, 1.807) is 0 Å². The molecule has 0 amide bonds. The van der Waals surface area contributed by atoms with Crippen LogP contribution >= 0.6 is 11.6 Å². The first kappa shape index (κ1) is 12.9. The van der Waals surface area contributed by atoms with Crippen LogP contribution in [0.4, 0.5) is 0 Å². The van der Waals surface area contributed by atoms with Crippen molar-refractivity contribution in [2.45, 2.75) is 13.5 Å². The zero-order chi connectivity index (χ0) is 13.0. The van der Waals surface area contributed by atoms with E-state index >= 15 is 0 Å². The van der Waals surface area contributed by atoms with E-state index in [1.165, 1.54) is 5.56 Å². The number of hydrogen-bond acceptors (Lipinski definition) is 2. The van der Waals surface area contributed by atoms with Gasteiger partial charge in [0.25, 0.3) is 0 Å². The summed E-state index contributed by atoms with van der Waals surface area (Å²) in [5, 5.41) is 3.84. The van der Waals surface area contributed by atoms with Crippen molar-refractivity contribution in [3.8, 4) is 11.5 Å². The van der Waals surface area contributed by atoms with Crippen LogP contribution < -0.4 is 10.1 Å². The van der Waals surface area contributed by atoms with Crippen molar-refractivity contribution in [3.05, 3.63) is 58.6 Å². The fourth-order valence-corrected chi connectivity index (χ4v) is 1.96. The number of aryl methyl sites for hydroxylation is 1. The Hall–Kier alpha value is -1.51. The Bertz CT molecular complexity index is 523. The van der Waals surface area contributed by atoms with E-state index in [0.717, 1.165) is 28.6 Å². The summed E-state index contributed by atoms with van der Waals surface area (Å²) in [6.45, 7) is 2.84. The molecule has 0 heterocycles.